The van der Waals surface area contributed by atoms with E-state index < -0.39 is 5.60 Å². The van der Waals surface area contributed by atoms with Crippen LogP contribution in [0.25, 0.3) is 0 Å². The summed E-state index contributed by atoms with van der Waals surface area (Å²) in [6, 6.07) is 5.88. The van der Waals surface area contributed by atoms with E-state index in [9.17, 15) is 4.79 Å². The number of piperidine rings is 1. The molecule has 0 aromatic carbocycles. The number of amides is 1. The number of ether oxygens (including phenoxy) is 1. The average molecular weight is 262 g/mol. The van der Waals surface area contributed by atoms with Gasteiger partial charge in [0.2, 0.25) is 0 Å². The molecule has 2 heterocycles. The first-order valence-corrected chi connectivity index (χ1v) is 6.88. The Bertz CT molecular complexity index is 426. The Hall–Kier alpha value is -1.58. The highest BCUT2D eigenvalue weighted by molar-refractivity contribution is 5.69. The van der Waals surface area contributed by atoms with Crippen molar-refractivity contribution in [1.82, 2.24) is 9.88 Å². The van der Waals surface area contributed by atoms with Crippen molar-refractivity contribution in [2.45, 2.75) is 51.7 Å². The van der Waals surface area contributed by atoms with Crippen LogP contribution in [-0.2, 0) is 4.74 Å². The second-order valence-electron chi connectivity index (χ2n) is 5.94. The molecule has 1 fully saturated rings. The SMILES string of the molecule is CC(C)(C)OC(=O)N1CCCC[C@@H]1c1ccccn1. The van der Waals surface area contributed by atoms with Gasteiger partial charge in [0.1, 0.15) is 5.60 Å². The van der Waals surface area contributed by atoms with Gasteiger partial charge < -0.3 is 4.74 Å². The van der Waals surface area contributed by atoms with Crippen molar-refractivity contribution in [2.24, 2.45) is 0 Å². The molecule has 2 rings (SSSR count). The summed E-state index contributed by atoms with van der Waals surface area (Å²) in [7, 11) is 0. The van der Waals surface area contributed by atoms with E-state index in [1.165, 1.54) is 0 Å². The third kappa shape index (κ3) is 3.69. The van der Waals surface area contributed by atoms with Gasteiger partial charge in [-0.1, -0.05) is 6.07 Å². The van der Waals surface area contributed by atoms with Gasteiger partial charge in [-0.05, 0) is 52.2 Å². The number of likely N-dealkylation sites (tertiary alicyclic amines) is 1. The summed E-state index contributed by atoms with van der Waals surface area (Å²) < 4.78 is 5.49. The molecule has 0 saturated carbocycles. The molecular weight excluding hydrogens is 240 g/mol. The van der Waals surface area contributed by atoms with Crippen LogP contribution >= 0.6 is 0 Å². The fourth-order valence-corrected chi connectivity index (χ4v) is 2.35. The standard InChI is InChI=1S/C15H22N2O2/c1-15(2,3)19-14(18)17-11-7-5-9-13(17)12-8-4-6-10-16-12/h4,6,8,10,13H,5,7,9,11H2,1-3H3/t13-/m1/s1. The number of carbonyl (C=O) groups excluding carboxylic acids is 1. The molecule has 1 aromatic heterocycles. The number of aromatic nitrogens is 1. The third-order valence-corrected chi connectivity index (χ3v) is 3.16. The molecule has 0 radical (unpaired) electrons. The van der Waals surface area contributed by atoms with Crippen LogP contribution in [0.2, 0.25) is 0 Å². The van der Waals surface area contributed by atoms with Gasteiger partial charge in [0.05, 0.1) is 11.7 Å². The summed E-state index contributed by atoms with van der Waals surface area (Å²) in [5.74, 6) is 0. The summed E-state index contributed by atoms with van der Waals surface area (Å²) >= 11 is 0. The Labute approximate surface area is 114 Å². The highest BCUT2D eigenvalue weighted by atomic mass is 16.6. The predicted molar refractivity (Wildman–Crippen MR) is 73.8 cm³/mol. The Kier molecular flexibility index (Phi) is 4.08. The van der Waals surface area contributed by atoms with Crippen LogP contribution in [0, 0.1) is 0 Å². The zero-order chi connectivity index (χ0) is 13.9. The number of pyridine rings is 1. The third-order valence-electron chi connectivity index (χ3n) is 3.16. The molecule has 1 aliphatic heterocycles. The summed E-state index contributed by atoms with van der Waals surface area (Å²) in [6.07, 6.45) is 4.65. The highest BCUT2D eigenvalue weighted by Gasteiger charge is 2.31. The second kappa shape index (κ2) is 5.59. The van der Waals surface area contributed by atoms with Gasteiger partial charge in [0.25, 0.3) is 0 Å². The zero-order valence-electron chi connectivity index (χ0n) is 11.9. The van der Waals surface area contributed by atoms with Crippen LogP contribution in [0.4, 0.5) is 4.79 Å². The molecule has 1 saturated heterocycles. The summed E-state index contributed by atoms with van der Waals surface area (Å²) in [6.45, 7) is 6.43. The normalized spacial score (nSPS) is 20.2. The maximum Gasteiger partial charge on any atom is 0.410 e. The number of hydrogen-bond donors (Lipinski definition) is 0. The average Bonchev–Trinajstić information content (AvgIpc) is 2.38. The van der Waals surface area contributed by atoms with E-state index in [4.69, 9.17) is 4.74 Å². The van der Waals surface area contributed by atoms with Crippen molar-refractivity contribution in [1.29, 1.82) is 0 Å². The lowest BCUT2D eigenvalue weighted by atomic mass is 9.99. The highest BCUT2D eigenvalue weighted by Crippen LogP contribution is 2.30. The molecule has 1 aromatic rings. The molecule has 0 aliphatic carbocycles. The topological polar surface area (TPSA) is 42.4 Å². The van der Waals surface area contributed by atoms with Crippen LogP contribution in [0.3, 0.4) is 0 Å². The Morgan fingerprint density at radius 3 is 2.79 bits per heavy atom. The van der Waals surface area contributed by atoms with E-state index in [1.807, 2.05) is 43.9 Å². The number of hydrogen-bond acceptors (Lipinski definition) is 3. The first-order valence-electron chi connectivity index (χ1n) is 6.88. The van der Waals surface area contributed by atoms with E-state index in [0.717, 1.165) is 31.5 Å². The quantitative estimate of drug-likeness (QED) is 0.777. The molecule has 19 heavy (non-hydrogen) atoms. The van der Waals surface area contributed by atoms with Gasteiger partial charge in [0, 0.05) is 12.7 Å². The molecular formula is C15H22N2O2. The van der Waals surface area contributed by atoms with E-state index in [1.54, 1.807) is 6.20 Å². The van der Waals surface area contributed by atoms with Crippen molar-refractivity contribution in [3.8, 4) is 0 Å². The van der Waals surface area contributed by atoms with Crippen LogP contribution in [-0.4, -0.2) is 28.1 Å². The van der Waals surface area contributed by atoms with E-state index >= 15 is 0 Å². The summed E-state index contributed by atoms with van der Waals surface area (Å²) in [5.41, 5.74) is 0.497. The molecule has 0 spiro atoms. The number of rotatable bonds is 1. The first-order chi connectivity index (χ1) is 8.97. The Morgan fingerprint density at radius 1 is 1.37 bits per heavy atom. The van der Waals surface area contributed by atoms with Crippen molar-refractivity contribution < 1.29 is 9.53 Å². The van der Waals surface area contributed by atoms with Crippen LogP contribution < -0.4 is 0 Å². The second-order valence-corrected chi connectivity index (χ2v) is 5.94. The van der Waals surface area contributed by atoms with Gasteiger partial charge >= 0.3 is 6.09 Å². The first kappa shape index (κ1) is 13.8. The van der Waals surface area contributed by atoms with Crippen molar-refractivity contribution in [3.05, 3.63) is 30.1 Å². The Morgan fingerprint density at radius 2 is 2.16 bits per heavy atom. The lowest BCUT2D eigenvalue weighted by Crippen LogP contribution is -2.42. The lowest BCUT2D eigenvalue weighted by molar-refractivity contribution is 0.00901. The Balaban J connectivity index is 2.15. The molecule has 0 unspecified atom stereocenters. The maximum absolute atomic E-state index is 12.3. The van der Waals surface area contributed by atoms with Gasteiger partial charge in [-0.15, -0.1) is 0 Å². The summed E-state index contributed by atoms with van der Waals surface area (Å²) in [4.78, 5) is 18.5. The van der Waals surface area contributed by atoms with Gasteiger partial charge in [0.15, 0.2) is 0 Å². The minimum Gasteiger partial charge on any atom is -0.444 e. The monoisotopic (exact) mass is 262 g/mol. The molecule has 4 nitrogen and oxygen atoms in total. The number of nitrogens with zero attached hydrogens (tertiary/aromatic N) is 2. The van der Waals surface area contributed by atoms with Crippen molar-refractivity contribution in [3.63, 3.8) is 0 Å². The molecule has 104 valence electrons. The van der Waals surface area contributed by atoms with Gasteiger partial charge in [-0.25, -0.2) is 4.79 Å². The molecule has 1 amide bonds. The fraction of sp³-hybridized carbons (Fsp3) is 0.600. The zero-order valence-corrected chi connectivity index (χ0v) is 11.9. The largest absolute Gasteiger partial charge is 0.444 e. The predicted octanol–water partition coefficient (Wildman–Crippen LogP) is 3.54. The molecule has 0 bridgehead atoms. The van der Waals surface area contributed by atoms with Crippen molar-refractivity contribution >= 4 is 6.09 Å². The minimum atomic E-state index is -0.455. The smallest absolute Gasteiger partial charge is 0.410 e. The molecule has 0 N–H and O–H groups in total. The van der Waals surface area contributed by atoms with Gasteiger partial charge in [-0.2, -0.15) is 0 Å². The van der Waals surface area contributed by atoms with E-state index in [0.29, 0.717) is 0 Å². The van der Waals surface area contributed by atoms with Gasteiger partial charge in [-0.3, -0.25) is 9.88 Å². The lowest BCUT2D eigenvalue weighted by Gasteiger charge is -2.36. The van der Waals surface area contributed by atoms with Crippen LogP contribution in [0.1, 0.15) is 51.8 Å². The molecule has 1 atom stereocenters. The number of carbonyl (C=O) groups is 1. The van der Waals surface area contributed by atoms with Crippen molar-refractivity contribution in [2.75, 3.05) is 6.54 Å². The fourth-order valence-electron chi connectivity index (χ4n) is 2.35. The summed E-state index contributed by atoms with van der Waals surface area (Å²) in [5, 5.41) is 0. The van der Waals surface area contributed by atoms with E-state index in [2.05, 4.69) is 4.98 Å². The molecule has 4 heteroatoms. The minimum absolute atomic E-state index is 0.0461. The molecule has 1 aliphatic rings. The van der Waals surface area contributed by atoms with Crippen LogP contribution in [0.5, 0.6) is 0 Å². The van der Waals surface area contributed by atoms with Crippen LogP contribution in [0.15, 0.2) is 24.4 Å². The van der Waals surface area contributed by atoms with E-state index in [-0.39, 0.29) is 12.1 Å². The maximum atomic E-state index is 12.3.